The molecule has 0 bridgehead atoms. The topological polar surface area (TPSA) is 54.1 Å². The number of halogens is 2. The van der Waals surface area contributed by atoms with Crippen LogP contribution in [0.4, 0.5) is 10.1 Å². The third kappa shape index (κ3) is 5.60. The lowest BCUT2D eigenvalue weighted by atomic mass is 10.2. The van der Waals surface area contributed by atoms with E-state index in [1.54, 1.807) is 7.11 Å². The van der Waals surface area contributed by atoms with Crippen LogP contribution >= 0.6 is 24.0 Å². The van der Waals surface area contributed by atoms with Crippen LogP contribution in [-0.2, 0) is 4.74 Å². The molecule has 2 N–H and O–H groups in total. The molecule has 22 heavy (non-hydrogen) atoms. The molecule has 1 heterocycles. The molecular weight excluding hydrogens is 398 g/mol. The van der Waals surface area contributed by atoms with Crippen molar-refractivity contribution in [2.45, 2.75) is 6.42 Å². The Morgan fingerprint density at radius 3 is 2.45 bits per heavy atom. The van der Waals surface area contributed by atoms with Crippen LogP contribution in [0.3, 0.4) is 0 Å². The number of piperazine rings is 1. The first kappa shape index (κ1) is 19.0. The van der Waals surface area contributed by atoms with Crippen molar-refractivity contribution in [2.24, 2.45) is 10.7 Å². The summed E-state index contributed by atoms with van der Waals surface area (Å²) in [6.07, 6.45) is 0.882. The summed E-state index contributed by atoms with van der Waals surface area (Å²) in [6, 6.07) is 6.61. The number of rotatable bonds is 5. The second kappa shape index (κ2) is 9.83. The molecule has 0 saturated carbocycles. The summed E-state index contributed by atoms with van der Waals surface area (Å²) in [5.74, 6) is 0.398. The molecule has 5 nitrogen and oxygen atoms in total. The minimum Gasteiger partial charge on any atom is -0.385 e. The van der Waals surface area contributed by atoms with Gasteiger partial charge in [0, 0.05) is 52.1 Å². The molecule has 0 radical (unpaired) electrons. The van der Waals surface area contributed by atoms with Crippen molar-refractivity contribution in [1.82, 2.24) is 4.90 Å². The van der Waals surface area contributed by atoms with Crippen LogP contribution in [0.1, 0.15) is 6.42 Å². The van der Waals surface area contributed by atoms with E-state index in [0.717, 1.165) is 38.3 Å². The fourth-order valence-corrected chi connectivity index (χ4v) is 2.35. The van der Waals surface area contributed by atoms with Gasteiger partial charge in [0.05, 0.1) is 0 Å². The van der Waals surface area contributed by atoms with Crippen LogP contribution in [0.25, 0.3) is 0 Å². The fourth-order valence-electron chi connectivity index (χ4n) is 2.35. The Balaban J connectivity index is 0.00000242. The van der Waals surface area contributed by atoms with Crippen molar-refractivity contribution >= 4 is 35.6 Å². The van der Waals surface area contributed by atoms with Crippen LogP contribution in [0.5, 0.6) is 0 Å². The van der Waals surface area contributed by atoms with Gasteiger partial charge >= 0.3 is 0 Å². The predicted octanol–water partition coefficient (Wildman–Crippen LogP) is 1.92. The standard InChI is InChI=1S/C15H23FN4O.HI/c1-21-12-2-7-18-15(17)20-10-8-19(9-11-20)14-5-3-13(16)4-6-14;/h3-6H,2,7-12H2,1H3,(H2,17,18);1H. The van der Waals surface area contributed by atoms with Gasteiger partial charge in [-0.1, -0.05) is 0 Å². The first-order valence-corrected chi connectivity index (χ1v) is 7.25. The lowest BCUT2D eigenvalue weighted by molar-refractivity contribution is 0.197. The van der Waals surface area contributed by atoms with Crippen molar-refractivity contribution in [3.63, 3.8) is 0 Å². The first-order valence-electron chi connectivity index (χ1n) is 7.25. The van der Waals surface area contributed by atoms with Crippen molar-refractivity contribution in [1.29, 1.82) is 0 Å². The normalized spacial score (nSPS) is 15.6. The van der Waals surface area contributed by atoms with Crippen LogP contribution in [0, 0.1) is 5.82 Å². The number of aliphatic imine (C=N–C) groups is 1. The molecule has 0 aliphatic carbocycles. The molecule has 0 atom stereocenters. The molecule has 0 spiro atoms. The molecule has 1 aromatic rings. The van der Waals surface area contributed by atoms with Gasteiger partial charge in [0.2, 0.25) is 0 Å². The van der Waals surface area contributed by atoms with E-state index in [0.29, 0.717) is 19.1 Å². The number of nitrogens with two attached hydrogens (primary N) is 1. The molecule has 124 valence electrons. The number of anilines is 1. The number of ether oxygens (including phenoxy) is 1. The highest BCUT2D eigenvalue weighted by Gasteiger charge is 2.18. The smallest absolute Gasteiger partial charge is 0.191 e. The highest BCUT2D eigenvalue weighted by molar-refractivity contribution is 14.0. The van der Waals surface area contributed by atoms with Crippen molar-refractivity contribution in [3.05, 3.63) is 30.1 Å². The molecule has 1 aliphatic rings. The number of hydrogen-bond acceptors (Lipinski definition) is 3. The minimum absolute atomic E-state index is 0. The Bertz CT molecular complexity index is 461. The SMILES string of the molecule is COCCCN=C(N)N1CCN(c2ccc(F)cc2)CC1.I. The zero-order valence-corrected chi connectivity index (χ0v) is 15.2. The summed E-state index contributed by atoms with van der Waals surface area (Å²) in [6.45, 7) is 4.78. The van der Waals surface area contributed by atoms with Gasteiger partial charge in [-0.05, 0) is 30.7 Å². The third-order valence-electron chi connectivity index (χ3n) is 3.58. The molecule has 0 aromatic heterocycles. The lowest BCUT2D eigenvalue weighted by Gasteiger charge is -2.36. The molecular formula is C15H24FIN4O. The number of guanidine groups is 1. The Kier molecular flexibility index (Phi) is 8.47. The minimum atomic E-state index is -0.204. The summed E-state index contributed by atoms with van der Waals surface area (Å²) < 4.78 is 17.9. The third-order valence-corrected chi connectivity index (χ3v) is 3.58. The van der Waals surface area contributed by atoms with E-state index in [1.807, 2.05) is 12.1 Å². The van der Waals surface area contributed by atoms with Gasteiger partial charge in [0.15, 0.2) is 5.96 Å². The molecule has 1 aromatic carbocycles. The number of nitrogens with zero attached hydrogens (tertiary/aromatic N) is 3. The maximum atomic E-state index is 12.9. The summed E-state index contributed by atoms with van der Waals surface area (Å²) in [5.41, 5.74) is 7.05. The van der Waals surface area contributed by atoms with E-state index in [2.05, 4.69) is 14.8 Å². The highest BCUT2D eigenvalue weighted by atomic mass is 127. The van der Waals surface area contributed by atoms with Gasteiger partial charge in [0.1, 0.15) is 5.82 Å². The van der Waals surface area contributed by atoms with Crippen LogP contribution < -0.4 is 10.6 Å². The molecule has 2 rings (SSSR count). The van der Waals surface area contributed by atoms with Crippen LogP contribution in [0.2, 0.25) is 0 Å². The van der Waals surface area contributed by atoms with Crippen LogP contribution in [-0.4, -0.2) is 57.3 Å². The second-order valence-corrected chi connectivity index (χ2v) is 5.04. The zero-order valence-electron chi connectivity index (χ0n) is 12.9. The molecule has 7 heteroatoms. The molecule has 1 aliphatic heterocycles. The van der Waals surface area contributed by atoms with Gasteiger partial charge in [-0.3, -0.25) is 4.99 Å². The highest BCUT2D eigenvalue weighted by Crippen LogP contribution is 2.16. The maximum absolute atomic E-state index is 12.9. The lowest BCUT2D eigenvalue weighted by Crippen LogP contribution is -2.51. The van der Waals surface area contributed by atoms with Gasteiger partial charge < -0.3 is 20.3 Å². The van der Waals surface area contributed by atoms with Crippen molar-refractivity contribution < 1.29 is 9.13 Å². The Hall–Kier alpha value is -1.09. The van der Waals surface area contributed by atoms with Crippen molar-refractivity contribution in [2.75, 3.05) is 51.3 Å². The Labute approximate surface area is 148 Å². The van der Waals surface area contributed by atoms with Gasteiger partial charge in [0.25, 0.3) is 0 Å². The maximum Gasteiger partial charge on any atom is 0.191 e. The number of methoxy groups -OCH3 is 1. The quantitative estimate of drug-likeness (QED) is 0.341. The number of benzene rings is 1. The monoisotopic (exact) mass is 422 g/mol. The second-order valence-electron chi connectivity index (χ2n) is 5.04. The van der Waals surface area contributed by atoms with Gasteiger partial charge in [-0.25, -0.2) is 4.39 Å². The van der Waals surface area contributed by atoms with E-state index >= 15 is 0 Å². The summed E-state index contributed by atoms with van der Waals surface area (Å²) in [4.78, 5) is 8.69. The summed E-state index contributed by atoms with van der Waals surface area (Å²) >= 11 is 0. The van der Waals surface area contributed by atoms with E-state index < -0.39 is 0 Å². The van der Waals surface area contributed by atoms with Crippen LogP contribution in [0.15, 0.2) is 29.3 Å². The first-order chi connectivity index (χ1) is 10.2. The van der Waals surface area contributed by atoms with E-state index in [9.17, 15) is 4.39 Å². The van der Waals surface area contributed by atoms with E-state index in [1.165, 1.54) is 12.1 Å². The number of hydrogen-bond donors (Lipinski definition) is 1. The molecule has 0 unspecified atom stereocenters. The van der Waals surface area contributed by atoms with E-state index in [-0.39, 0.29) is 29.8 Å². The fraction of sp³-hybridized carbons (Fsp3) is 0.533. The Morgan fingerprint density at radius 1 is 1.23 bits per heavy atom. The molecule has 1 fully saturated rings. The molecule has 0 amide bonds. The average Bonchev–Trinajstić information content (AvgIpc) is 2.52. The van der Waals surface area contributed by atoms with E-state index in [4.69, 9.17) is 10.5 Å². The largest absolute Gasteiger partial charge is 0.385 e. The Morgan fingerprint density at radius 2 is 1.86 bits per heavy atom. The summed E-state index contributed by atoms with van der Waals surface area (Å²) in [7, 11) is 1.68. The van der Waals surface area contributed by atoms with Gasteiger partial charge in [-0.2, -0.15) is 0 Å². The molecule has 1 saturated heterocycles. The van der Waals surface area contributed by atoms with Crippen molar-refractivity contribution in [3.8, 4) is 0 Å². The predicted molar refractivity (Wildman–Crippen MR) is 98.6 cm³/mol. The summed E-state index contributed by atoms with van der Waals surface area (Å²) in [5, 5.41) is 0. The average molecular weight is 422 g/mol. The zero-order chi connectivity index (χ0) is 15.1. The van der Waals surface area contributed by atoms with Gasteiger partial charge in [-0.15, -0.1) is 24.0 Å².